The van der Waals surface area contributed by atoms with Gasteiger partial charge in [0.25, 0.3) is 0 Å². The van der Waals surface area contributed by atoms with Gasteiger partial charge in [0.2, 0.25) is 0 Å². The predicted molar refractivity (Wildman–Crippen MR) is 108 cm³/mol. The minimum Gasteiger partial charge on any atom is -0.508 e. The number of para-hydroxylation sites is 1. The van der Waals surface area contributed by atoms with Crippen molar-refractivity contribution in [2.24, 2.45) is 11.5 Å². The van der Waals surface area contributed by atoms with Gasteiger partial charge in [0.15, 0.2) is 0 Å². The molecule has 28 heavy (non-hydrogen) atoms. The summed E-state index contributed by atoms with van der Waals surface area (Å²) >= 11 is 0. The molecular weight excluding hydrogens is 356 g/mol. The molecule has 0 amide bonds. The normalized spacial score (nSPS) is 12.5. The third kappa shape index (κ3) is 3.33. The highest BCUT2D eigenvalue weighted by atomic mass is 16.7. The Bertz CT molecular complexity index is 1150. The summed E-state index contributed by atoms with van der Waals surface area (Å²) in [5.41, 5.74) is 15.3. The monoisotopic (exact) mass is 378 g/mol. The number of hydrogen-bond donors (Lipinski definition) is 4. The van der Waals surface area contributed by atoms with Crippen LogP contribution in [0.25, 0.3) is 21.8 Å². The van der Waals surface area contributed by atoms with Gasteiger partial charge in [0.05, 0.1) is 5.52 Å². The molecule has 0 aliphatic rings. The van der Waals surface area contributed by atoms with Gasteiger partial charge >= 0.3 is 5.97 Å². The fraction of sp³-hybridized carbons (Fsp3) is 0.190. The van der Waals surface area contributed by atoms with Crippen LogP contribution in [0.5, 0.6) is 5.75 Å². The average Bonchev–Trinajstić information content (AvgIpc) is 3.24. The molecule has 4 aromatic rings. The number of aromatic nitrogens is 2. The molecule has 2 aromatic carbocycles. The van der Waals surface area contributed by atoms with Crippen molar-refractivity contribution in [1.29, 1.82) is 0 Å². The number of fused-ring (bicyclic) bond motifs is 2. The molecule has 0 bridgehead atoms. The number of carbonyl (C=O) groups is 1. The highest BCUT2D eigenvalue weighted by Gasteiger charge is 2.20. The van der Waals surface area contributed by atoms with Crippen molar-refractivity contribution in [3.8, 4) is 5.75 Å². The fourth-order valence-corrected chi connectivity index (χ4v) is 3.47. The summed E-state index contributed by atoms with van der Waals surface area (Å²) < 4.78 is 1.46. The second-order valence-electron chi connectivity index (χ2n) is 6.80. The van der Waals surface area contributed by atoms with Gasteiger partial charge in [-0.2, -0.15) is 4.73 Å². The van der Waals surface area contributed by atoms with E-state index in [1.165, 1.54) is 4.73 Å². The highest BCUT2D eigenvalue weighted by Crippen LogP contribution is 2.24. The van der Waals surface area contributed by atoms with E-state index < -0.39 is 12.0 Å². The Morgan fingerprint density at radius 1 is 1.18 bits per heavy atom. The summed E-state index contributed by atoms with van der Waals surface area (Å²) in [7, 11) is 0. The van der Waals surface area contributed by atoms with Crippen LogP contribution in [-0.2, 0) is 17.6 Å². The van der Waals surface area contributed by atoms with Crippen molar-refractivity contribution in [2.45, 2.75) is 18.9 Å². The first-order valence-corrected chi connectivity index (χ1v) is 9.12. The van der Waals surface area contributed by atoms with Crippen LogP contribution in [0.3, 0.4) is 0 Å². The van der Waals surface area contributed by atoms with Gasteiger partial charge in [0.1, 0.15) is 11.8 Å². The fourth-order valence-electron chi connectivity index (χ4n) is 3.47. The molecular formula is C21H22N4O3. The minimum absolute atomic E-state index is 0.163. The van der Waals surface area contributed by atoms with E-state index in [9.17, 15) is 9.90 Å². The van der Waals surface area contributed by atoms with Crippen molar-refractivity contribution >= 4 is 27.8 Å². The van der Waals surface area contributed by atoms with Gasteiger partial charge in [0, 0.05) is 35.1 Å². The summed E-state index contributed by atoms with van der Waals surface area (Å²) in [6.07, 6.45) is 4.56. The zero-order chi connectivity index (χ0) is 19.7. The Kier molecular flexibility index (Phi) is 4.77. The first kappa shape index (κ1) is 18.1. The highest BCUT2D eigenvalue weighted by molar-refractivity contribution is 5.87. The molecule has 2 heterocycles. The van der Waals surface area contributed by atoms with Crippen LogP contribution < -0.4 is 16.3 Å². The molecule has 0 fully saturated rings. The molecule has 0 saturated heterocycles. The third-order valence-electron chi connectivity index (χ3n) is 4.86. The van der Waals surface area contributed by atoms with Crippen molar-refractivity contribution in [2.75, 3.05) is 6.54 Å². The van der Waals surface area contributed by atoms with Crippen LogP contribution >= 0.6 is 0 Å². The number of H-pyrrole nitrogens is 1. The largest absolute Gasteiger partial charge is 0.508 e. The van der Waals surface area contributed by atoms with E-state index in [2.05, 4.69) is 4.98 Å². The minimum atomic E-state index is -0.847. The molecule has 6 N–H and O–H groups in total. The van der Waals surface area contributed by atoms with Crippen molar-refractivity contribution in [3.05, 3.63) is 66.0 Å². The second kappa shape index (κ2) is 7.38. The smallest absolute Gasteiger partial charge is 0.349 e. The molecule has 1 atom stereocenters. The first-order valence-electron chi connectivity index (χ1n) is 9.12. The SMILES string of the molecule is NCCc1cn(OC(=O)[C@@H](N)Cc2c[nH]c3ccc(O)cc23)c2ccccc12. The van der Waals surface area contributed by atoms with Gasteiger partial charge in [-0.15, -0.1) is 0 Å². The van der Waals surface area contributed by atoms with Gasteiger partial charge < -0.3 is 26.4 Å². The van der Waals surface area contributed by atoms with E-state index in [1.807, 2.05) is 24.3 Å². The lowest BCUT2D eigenvalue weighted by atomic mass is 10.1. The summed E-state index contributed by atoms with van der Waals surface area (Å²) in [4.78, 5) is 21.3. The molecule has 7 heteroatoms. The zero-order valence-electron chi connectivity index (χ0n) is 15.3. The molecule has 0 spiro atoms. The van der Waals surface area contributed by atoms with E-state index in [0.717, 1.165) is 32.9 Å². The predicted octanol–water partition coefficient (Wildman–Crippen LogP) is 1.85. The topological polar surface area (TPSA) is 119 Å². The van der Waals surface area contributed by atoms with Crippen LogP contribution in [0.2, 0.25) is 0 Å². The maximum Gasteiger partial charge on any atom is 0.349 e. The summed E-state index contributed by atoms with van der Waals surface area (Å²) in [5.74, 6) is -0.370. The summed E-state index contributed by atoms with van der Waals surface area (Å²) in [6.45, 7) is 0.509. The van der Waals surface area contributed by atoms with Crippen LogP contribution in [0.15, 0.2) is 54.9 Å². The van der Waals surface area contributed by atoms with Crippen LogP contribution in [0.4, 0.5) is 0 Å². The number of aromatic hydroxyl groups is 1. The van der Waals surface area contributed by atoms with Crippen molar-refractivity contribution in [3.63, 3.8) is 0 Å². The Labute approximate surface area is 161 Å². The Balaban J connectivity index is 1.55. The molecule has 0 unspecified atom stereocenters. The number of phenols is 1. The van der Waals surface area contributed by atoms with Gasteiger partial charge in [-0.05, 0) is 48.4 Å². The lowest BCUT2D eigenvalue weighted by Gasteiger charge is -2.12. The number of nitrogens with one attached hydrogen (secondary N) is 1. The van der Waals surface area contributed by atoms with Crippen molar-refractivity contribution < 1.29 is 14.7 Å². The maximum atomic E-state index is 12.6. The molecule has 0 aliphatic heterocycles. The van der Waals surface area contributed by atoms with E-state index in [1.54, 1.807) is 30.6 Å². The summed E-state index contributed by atoms with van der Waals surface area (Å²) in [5, 5.41) is 11.5. The van der Waals surface area contributed by atoms with Crippen LogP contribution in [-0.4, -0.2) is 33.4 Å². The van der Waals surface area contributed by atoms with E-state index in [-0.39, 0.29) is 12.2 Å². The molecule has 0 radical (unpaired) electrons. The first-order chi connectivity index (χ1) is 13.6. The van der Waals surface area contributed by atoms with E-state index in [0.29, 0.717) is 13.0 Å². The van der Waals surface area contributed by atoms with Gasteiger partial charge in [-0.25, -0.2) is 4.79 Å². The van der Waals surface area contributed by atoms with E-state index >= 15 is 0 Å². The Morgan fingerprint density at radius 3 is 2.82 bits per heavy atom. The van der Waals surface area contributed by atoms with Crippen LogP contribution in [0.1, 0.15) is 11.1 Å². The molecule has 4 rings (SSSR count). The number of rotatable bonds is 6. The number of nitrogens with two attached hydrogens (primary N) is 2. The van der Waals surface area contributed by atoms with Gasteiger partial charge in [-0.1, -0.05) is 18.2 Å². The Morgan fingerprint density at radius 2 is 2.00 bits per heavy atom. The molecule has 0 aliphatic carbocycles. The molecule has 7 nitrogen and oxygen atoms in total. The van der Waals surface area contributed by atoms with Gasteiger partial charge in [-0.3, -0.25) is 0 Å². The van der Waals surface area contributed by atoms with Crippen LogP contribution in [0, 0.1) is 0 Å². The third-order valence-corrected chi connectivity index (χ3v) is 4.86. The lowest BCUT2D eigenvalue weighted by Crippen LogP contribution is -2.39. The average molecular weight is 378 g/mol. The number of nitrogens with zero attached hydrogens (tertiary/aromatic N) is 1. The van der Waals surface area contributed by atoms with E-state index in [4.69, 9.17) is 16.3 Å². The summed E-state index contributed by atoms with van der Waals surface area (Å²) in [6, 6.07) is 11.9. The zero-order valence-corrected chi connectivity index (χ0v) is 15.3. The second-order valence-corrected chi connectivity index (χ2v) is 6.80. The maximum absolute atomic E-state index is 12.6. The molecule has 144 valence electrons. The number of phenolic OH excluding ortho intramolecular Hbond substituents is 1. The molecule has 2 aromatic heterocycles. The van der Waals surface area contributed by atoms with Crippen molar-refractivity contribution in [1.82, 2.24) is 9.71 Å². The quantitative estimate of drug-likeness (QED) is 0.408. The number of carbonyl (C=O) groups excluding carboxylic acids is 1. The number of hydrogen-bond acceptors (Lipinski definition) is 5. The Hall–Kier alpha value is -3.29. The number of benzene rings is 2. The number of aromatic amines is 1. The standard InChI is InChI=1S/C21H22N4O3/c22-8-7-13-12-25(20-4-2-1-3-16(13)20)28-21(27)18(23)9-14-11-24-19-6-5-15(26)10-17(14)19/h1-6,10-12,18,24,26H,7-9,22-23H2/t18-/m0/s1. The molecule has 0 saturated carbocycles. The lowest BCUT2D eigenvalue weighted by molar-refractivity contribution is -0.145.